The summed E-state index contributed by atoms with van der Waals surface area (Å²) < 4.78 is 16.8. The number of carbonyl (C=O) groups is 3. The van der Waals surface area contributed by atoms with Gasteiger partial charge in [0.05, 0.1) is 0 Å². The zero-order valence-corrected chi connectivity index (χ0v) is 46.3. The summed E-state index contributed by atoms with van der Waals surface area (Å²) in [7, 11) is 0. The number of hydrogen-bond donors (Lipinski definition) is 0. The highest BCUT2D eigenvalue weighted by molar-refractivity contribution is 5.71. The van der Waals surface area contributed by atoms with Crippen LogP contribution in [0.2, 0.25) is 0 Å². The van der Waals surface area contributed by atoms with Gasteiger partial charge in [0.25, 0.3) is 0 Å². The van der Waals surface area contributed by atoms with Gasteiger partial charge in [0, 0.05) is 19.3 Å². The van der Waals surface area contributed by atoms with Crippen LogP contribution >= 0.6 is 0 Å². The van der Waals surface area contributed by atoms with Crippen molar-refractivity contribution in [2.45, 2.75) is 303 Å². The van der Waals surface area contributed by atoms with Gasteiger partial charge in [-0.3, -0.25) is 14.4 Å². The molecule has 0 aromatic rings. The Labute approximate surface area is 433 Å². The maximum atomic E-state index is 12.9. The number of allylic oxidation sites excluding steroid dienone is 12. The lowest BCUT2D eigenvalue weighted by atomic mass is 10.1. The van der Waals surface area contributed by atoms with Gasteiger partial charge in [0.15, 0.2) is 6.10 Å². The van der Waals surface area contributed by atoms with Crippen LogP contribution in [0, 0.1) is 0 Å². The highest BCUT2D eigenvalue weighted by atomic mass is 16.6. The minimum Gasteiger partial charge on any atom is -0.462 e. The lowest BCUT2D eigenvalue weighted by Gasteiger charge is -2.18. The fraction of sp³-hybridized carbons (Fsp3) is 0.766. The van der Waals surface area contributed by atoms with Crippen molar-refractivity contribution in [2.24, 2.45) is 0 Å². The number of carbonyl (C=O) groups excluding carboxylic acids is 3. The molecule has 6 heteroatoms. The second-order valence-electron chi connectivity index (χ2n) is 19.9. The standard InChI is InChI=1S/C64H112O6/c1-4-7-10-13-16-19-22-24-26-28-30-32-34-36-38-40-42-45-48-51-54-57-63(66)69-60-61(59-68-62(65)56-53-50-47-44-21-18-15-12-9-6-3)70-64(67)58-55-52-49-46-43-41-39-37-35-33-31-29-27-25-23-20-17-14-11-8-5-2/h12,15,22-25,28-31,34,36,61H,4-11,13-14,16-21,26-27,32-33,35,37-60H2,1-3H3/b15-12-,24-22-,25-23-,30-28-,31-29-,36-34-. The van der Waals surface area contributed by atoms with Crippen LogP contribution in [-0.2, 0) is 28.6 Å². The molecule has 0 aliphatic carbocycles. The quantitative estimate of drug-likeness (QED) is 0.0261. The van der Waals surface area contributed by atoms with E-state index in [1.165, 1.54) is 161 Å². The van der Waals surface area contributed by atoms with Gasteiger partial charge in [-0.1, -0.05) is 241 Å². The van der Waals surface area contributed by atoms with E-state index in [4.69, 9.17) is 14.2 Å². The van der Waals surface area contributed by atoms with Crippen molar-refractivity contribution in [3.8, 4) is 0 Å². The molecule has 0 heterocycles. The van der Waals surface area contributed by atoms with Crippen LogP contribution in [0.25, 0.3) is 0 Å². The van der Waals surface area contributed by atoms with E-state index in [2.05, 4.69) is 93.7 Å². The molecule has 0 saturated carbocycles. The molecule has 0 saturated heterocycles. The molecule has 0 fully saturated rings. The van der Waals surface area contributed by atoms with E-state index in [0.29, 0.717) is 19.3 Å². The first-order valence-corrected chi connectivity index (χ1v) is 29.9. The van der Waals surface area contributed by atoms with Crippen molar-refractivity contribution in [1.29, 1.82) is 0 Å². The molecule has 1 unspecified atom stereocenters. The van der Waals surface area contributed by atoms with Gasteiger partial charge in [0.1, 0.15) is 13.2 Å². The van der Waals surface area contributed by atoms with Crippen molar-refractivity contribution >= 4 is 17.9 Å². The van der Waals surface area contributed by atoms with Crippen LogP contribution in [0.3, 0.4) is 0 Å². The van der Waals surface area contributed by atoms with E-state index in [1.54, 1.807) is 0 Å². The third-order valence-corrected chi connectivity index (χ3v) is 12.9. The molecule has 0 aromatic heterocycles. The largest absolute Gasteiger partial charge is 0.462 e. The minimum atomic E-state index is -0.787. The van der Waals surface area contributed by atoms with Crippen molar-refractivity contribution in [3.63, 3.8) is 0 Å². The van der Waals surface area contributed by atoms with Gasteiger partial charge < -0.3 is 14.2 Å². The molecule has 70 heavy (non-hydrogen) atoms. The number of ether oxygens (including phenoxy) is 3. The average Bonchev–Trinajstić information content (AvgIpc) is 3.36. The fourth-order valence-electron chi connectivity index (χ4n) is 8.36. The Balaban J connectivity index is 4.32. The highest BCUT2D eigenvalue weighted by Gasteiger charge is 2.19. The van der Waals surface area contributed by atoms with Crippen LogP contribution in [-0.4, -0.2) is 37.2 Å². The molecule has 0 amide bonds. The summed E-state index contributed by atoms with van der Waals surface area (Å²) in [6.07, 6.45) is 74.7. The average molecular weight is 978 g/mol. The Kier molecular flexibility index (Phi) is 55.8. The minimum absolute atomic E-state index is 0.0856. The van der Waals surface area contributed by atoms with Crippen molar-refractivity contribution in [3.05, 3.63) is 72.9 Å². The Morgan fingerprint density at radius 1 is 0.286 bits per heavy atom. The first kappa shape index (κ1) is 66.9. The van der Waals surface area contributed by atoms with Crippen molar-refractivity contribution in [2.75, 3.05) is 13.2 Å². The zero-order chi connectivity index (χ0) is 50.7. The first-order valence-electron chi connectivity index (χ1n) is 29.9. The lowest BCUT2D eigenvalue weighted by molar-refractivity contribution is -0.167. The van der Waals surface area contributed by atoms with Gasteiger partial charge >= 0.3 is 17.9 Å². The van der Waals surface area contributed by atoms with Crippen molar-refractivity contribution < 1.29 is 28.6 Å². The highest BCUT2D eigenvalue weighted by Crippen LogP contribution is 2.15. The maximum Gasteiger partial charge on any atom is 0.306 e. The number of hydrogen-bond acceptors (Lipinski definition) is 6. The summed E-state index contributed by atoms with van der Waals surface area (Å²) in [5.41, 5.74) is 0. The van der Waals surface area contributed by atoms with E-state index in [0.717, 1.165) is 96.3 Å². The van der Waals surface area contributed by atoms with E-state index in [-0.39, 0.29) is 31.1 Å². The molecule has 0 spiro atoms. The van der Waals surface area contributed by atoms with E-state index >= 15 is 0 Å². The predicted molar refractivity (Wildman–Crippen MR) is 302 cm³/mol. The van der Waals surface area contributed by atoms with Gasteiger partial charge in [-0.15, -0.1) is 0 Å². The monoisotopic (exact) mass is 977 g/mol. The van der Waals surface area contributed by atoms with E-state index < -0.39 is 6.10 Å². The zero-order valence-electron chi connectivity index (χ0n) is 46.3. The van der Waals surface area contributed by atoms with Gasteiger partial charge in [-0.2, -0.15) is 0 Å². The Hall–Kier alpha value is -3.15. The molecule has 0 aliphatic rings. The fourth-order valence-corrected chi connectivity index (χ4v) is 8.36. The van der Waals surface area contributed by atoms with E-state index in [1.807, 2.05) is 0 Å². The van der Waals surface area contributed by atoms with Crippen molar-refractivity contribution in [1.82, 2.24) is 0 Å². The molecule has 0 rings (SSSR count). The third-order valence-electron chi connectivity index (χ3n) is 12.9. The van der Waals surface area contributed by atoms with Crippen LogP contribution in [0.15, 0.2) is 72.9 Å². The van der Waals surface area contributed by atoms with Gasteiger partial charge in [-0.05, 0) is 109 Å². The molecule has 404 valence electrons. The normalized spacial score (nSPS) is 12.6. The summed E-state index contributed by atoms with van der Waals surface area (Å²) >= 11 is 0. The summed E-state index contributed by atoms with van der Waals surface area (Å²) in [6, 6.07) is 0. The molecular weight excluding hydrogens is 865 g/mol. The molecule has 6 nitrogen and oxygen atoms in total. The topological polar surface area (TPSA) is 78.9 Å². The summed E-state index contributed by atoms with van der Waals surface area (Å²) in [5.74, 6) is -0.904. The van der Waals surface area contributed by atoms with Gasteiger partial charge in [-0.25, -0.2) is 0 Å². The molecule has 0 N–H and O–H groups in total. The Morgan fingerprint density at radius 2 is 0.543 bits per heavy atom. The number of rotatable bonds is 54. The van der Waals surface area contributed by atoms with Crippen LogP contribution in [0.5, 0.6) is 0 Å². The molecular formula is C64H112O6. The smallest absolute Gasteiger partial charge is 0.306 e. The SMILES string of the molecule is CCC/C=C\CCCCCCCC(=O)OCC(COC(=O)CCCCCCCC/C=C\C/C=C\C/C=C\CCCCCCC)OC(=O)CCCCCCCCCCC/C=C\C/C=C\CCCCCCC. The molecule has 0 aromatic carbocycles. The number of unbranched alkanes of at least 4 members (excludes halogenated alkanes) is 31. The first-order chi connectivity index (χ1) is 34.5. The van der Waals surface area contributed by atoms with E-state index in [9.17, 15) is 14.4 Å². The van der Waals surface area contributed by atoms with Crippen LogP contribution in [0.1, 0.15) is 297 Å². The number of esters is 3. The molecule has 0 aliphatic heterocycles. The summed E-state index contributed by atoms with van der Waals surface area (Å²) in [6.45, 7) is 6.55. The van der Waals surface area contributed by atoms with Crippen LogP contribution < -0.4 is 0 Å². The Morgan fingerprint density at radius 3 is 0.871 bits per heavy atom. The molecule has 1 atom stereocenters. The predicted octanol–water partition coefficient (Wildman–Crippen LogP) is 20.2. The van der Waals surface area contributed by atoms with Gasteiger partial charge in [0.2, 0.25) is 0 Å². The Bertz CT molecular complexity index is 1310. The molecule has 0 radical (unpaired) electrons. The summed E-state index contributed by atoms with van der Waals surface area (Å²) in [4.78, 5) is 38.1. The van der Waals surface area contributed by atoms with Crippen LogP contribution in [0.4, 0.5) is 0 Å². The third kappa shape index (κ3) is 55.8. The summed E-state index contributed by atoms with van der Waals surface area (Å²) in [5, 5.41) is 0. The maximum absolute atomic E-state index is 12.9. The molecule has 0 bridgehead atoms. The lowest BCUT2D eigenvalue weighted by Crippen LogP contribution is -2.30. The second-order valence-corrected chi connectivity index (χ2v) is 19.9. The second kappa shape index (κ2) is 58.4.